The number of thiophene rings is 1. The van der Waals surface area contributed by atoms with Gasteiger partial charge in [0.2, 0.25) is 5.91 Å². The van der Waals surface area contributed by atoms with E-state index in [1.807, 2.05) is 47.6 Å². The molecule has 1 unspecified atom stereocenters. The molecule has 1 N–H and O–H groups in total. The second-order valence-corrected chi connectivity index (χ2v) is 8.75. The Morgan fingerprint density at radius 3 is 2.48 bits per heavy atom. The molecule has 2 aromatic heterocycles. The minimum absolute atomic E-state index is 0.192. The van der Waals surface area contributed by atoms with Gasteiger partial charge in [0, 0.05) is 16.3 Å². The van der Waals surface area contributed by atoms with Gasteiger partial charge >= 0.3 is 0 Å². The average Bonchev–Trinajstić information content (AvgIpc) is 2.91. The summed E-state index contributed by atoms with van der Waals surface area (Å²) in [5.74, 6) is -0.280. The van der Waals surface area contributed by atoms with Crippen molar-refractivity contribution in [3.63, 3.8) is 0 Å². The highest BCUT2D eigenvalue weighted by Gasteiger charge is 2.25. The molecule has 3 rings (SSSR count). The summed E-state index contributed by atoms with van der Waals surface area (Å²) in [7, 11) is 0. The summed E-state index contributed by atoms with van der Waals surface area (Å²) in [5, 5.41) is 13.9. The van der Waals surface area contributed by atoms with Gasteiger partial charge in [0.25, 0.3) is 5.56 Å². The molecule has 0 saturated carbocycles. The van der Waals surface area contributed by atoms with Crippen LogP contribution in [0.15, 0.2) is 23.0 Å². The predicted molar refractivity (Wildman–Crippen MR) is 119 cm³/mol. The number of pyridine rings is 1. The van der Waals surface area contributed by atoms with Crippen molar-refractivity contribution in [3.05, 3.63) is 61.2 Å². The minimum Gasteiger partial charge on any atom is -0.315 e. The molecular weight excluding hydrogens is 382 g/mol. The van der Waals surface area contributed by atoms with Crippen LogP contribution in [-0.4, -0.2) is 10.5 Å². The van der Waals surface area contributed by atoms with Crippen LogP contribution in [0.1, 0.15) is 52.1 Å². The van der Waals surface area contributed by atoms with Gasteiger partial charge in [-0.3, -0.25) is 14.2 Å². The molecule has 0 aliphatic carbocycles. The Morgan fingerprint density at radius 2 is 1.86 bits per heavy atom. The van der Waals surface area contributed by atoms with Gasteiger partial charge in [0.05, 0.1) is 11.1 Å². The Bertz CT molecular complexity index is 1230. The molecule has 0 aliphatic rings. The predicted octanol–water partition coefficient (Wildman–Crippen LogP) is 5.07. The number of carbonyl (C=O) groups is 1. The summed E-state index contributed by atoms with van der Waals surface area (Å²) in [6.45, 7) is 11.6. The monoisotopic (exact) mass is 407 g/mol. The normalized spacial score (nSPS) is 12.0. The smallest absolute Gasteiger partial charge is 0.252 e. The van der Waals surface area contributed by atoms with Crippen LogP contribution < -0.4 is 10.9 Å². The molecule has 0 bridgehead atoms. The highest BCUT2D eigenvalue weighted by molar-refractivity contribution is 7.16. The molecule has 0 spiro atoms. The second kappa shape index (κ2) is 7.84. The number of aromatic nitrogens is 1. The first kappa shape index (κ1) is 20.8. The fourth-order valence-corrected chi connectivity index (χ4v) is 4.88. The summed E-state index contributed by atoms with van der Waals surface area (Å²) in [6.07, 6.45) is 0.461. The SMILES string of the molecule is CCC(C(=O)Nc1sc(C)c(C)c1C#N)n1c(=O)cc(C)c2cc(C)cc(C)c21. The Kier molecular flexibility index (Phi) is 5.63. The highest BCUT2D eigenvalue weighted by atomic mass is 32.1. The van der Waals surface area contributed by atoms with Crippen molar-refractivity contribution >= 4 is 33.1 Å². The molecular formula is C23H25N3O2S. The van der Waals surface area contributed by atoms with Crippen molar-refractivity contribution in [1.82, 2.24) is 4.57 Å². The highest BCUT2D eigenvalue weighted by Crippen LogP contribution is 2.33. The van der Waals surface area contributed by atoms with E-state index in [1.165, 1.54) is 11.3 Å². The van der Waals surface area contributed by atoms with Gasteiger partial charge in [-0.25, -0.2) is 0 Å². The quantitative estimate of drug-likeness (QED) is 0.656. The molecule has 2 heterocycles. The van der Waals surface area contributed by atoms with Crippen LogP contribution in [0.5, 0.6) is 0 Å². The third-order valence-electron chi connectivity index (χ3n) is 5.42. The summed E-state index contributed by atoms with van der Waals surface area (Å²) in [4.78, 5) is 27.2. The van der Waals surface area contributed by atoms with Gasteiger partial charge in [0.15, 0.2) is 0 Å². The average molecular weight is 408 g/mol. The maximum absolute atomic E-state index is 13.2. The third-order valence-corrected chi connectivity index (χ3v) is 6.55. The van der Waals surface area contributed by atoms with Gasteiger partial charge in [-0.1, -0.05) is 18.6 Å². The number of amides is 1. The van der Waals surface area contributed by atoms with E-state index in [-0.39, 0.29) is 11.5 Å². The van der Waals surface area contributed by atoms with Crippen LogP contribution >= 0.6 is 11.3 Å². The van der Waals surface area contributed by atoms with E-state index in [9.17, 15) is 14.9 Å². The molecule has 1 aromatic carbocycles. The standard InChI is InChI=1S/C23H25N3O2S/c1-7-19(22(28)25-23-18(11-24)15(5)16(6)29-23)26-20(27)10-13(3)17-9-12(2)8-14(4)21(17)26/h8-10,19H,7H2,1-6H3,(H,25,28). The van der Waals surface area contributed by atoms with Gasteiger partial charge < -0.3 is 5.32 Å². The zero-order valence-electron chi connectivity index (χ0n) is 17.6. The number of carbonyl (C=O) groups excluding carboxylic acids is 1. The minimum atomic E-state index is -0.665. The van der Waals surface area contributed by atoms with E-state index < -0.39 is 6.04 Å². The first-order valence-corrected chi connectivity index (χ1v) is 10.4. The maximum atomic E-state index is 13.2. The number of nitrogens with one attached hydrogen (secondary N) is 1. The number of aryl methyl sites for hydroxylation is 4. The van der Waals surface area contributed by atoms with E-state index in [0.29, 0.717) is 17.0 Å². The van der Waals surface area contributed by atoms with Crippen molar-refractivity contribution in [2.45, 2.75) is 54.0 Å². The number of nitrogens with zero attached hydrogens (tertiary/aromatic N) is 2. The number of rotatable bonds is 4. The van der Waals surface area contributed by atoms with E-state index in [0.717, 1.165) is 38.0 Å². The Balaban J connectivity index is 2.15. The fourth-order valence-electron chi connectivity index (χ4n) is 3.86. The van der Waals surface area contributed by atoms with Crippen LogP contribution in [0.4, 0.5) is 5.00 Å². The molecule has 1 atom stereocenters. The van der Waals surface area contributed by atoms with Gasteiger partial charge in [-0.2, -0.15) is 5.26 Å². The topological polar surface area (TPSA) is 74.9 Å². The maximum Gasteiger partial charge on any atom is 0.252 e. The second-order valence-electron chi connectivity index (χ2n) is 7.53. The summed E-state index contributed by atoms with van der Waals surface area (Å²) >= 11 is 1.39. The lowest BCUT2D eigenvalue weighted by Crippen LogP contribution is -2.33. The Hall–Kier alpha value is -2.91. The van der Waals surface area contributed by atoms with E-state index in [4.69, 9.17) is 0 Å². The Morgan fingerprint density at radius 1 is 1.17 bits per heavy atom. The lowest BCUT2D eigenvalue weighted by atomic mass is 10.0. The number of nitriles is 1. The van der Waals surface area contributed by atoms with Crippen molar-refractivity contribution in [2.24, 2.45) is 0 Å². The Labute approximate surface area is 174 Å². The first-order valence-electron chi connectivity index (χ1n) is 9.63. The number of anilines is 1. The first-order chi connectivity index (χ1) is 13.7. The molecule has 0 saturated heterocycles. The molecule has 5 nitrogen and oxygen atoms in total. The van der Waals surface area contributed by atoms with Crippen molar-refractivity contribution in [2.75, 3.05) is 5.32 Å². The van der Waals surface area contributed by atoms with Crippen molar-refractivity contribution < 1.29 is 4.79 Å². The van der Waals surface area contributed by atoms with Gasteiger partial charge in [-0.15, -0.1) is 11.3 Å². The van der Waals surface area contributed by atoms with E-state index in [1.54, 1.807) is 10.6 Å². The number of hydrogen-bond donors (Lipinski definition) is 1. The molecule has 150 valence electrons. The van der Waals surface area contributed by atoms with Crippen LogP contribution in [-0.2, 0) is 4.79 Å². The number of benzene rings is 1. The molecule has 1 amide bonds. The molecule has 29 heavy (non-hydrogen) atoms. The van der Waals surface area contributed by atoms with E-state index >= 15 is 0 Å². The molecule has 6 heteroatoms. The van der Waals surface area contributed by atoms with Gasteiger partial charge in [0.1, 0.15) is 17.1 Å². The third kappa shape index (κ3) is 3.58. The largest absolute Gasteiger partial charge is 0.315 e. The van der Waals surface area contributed by atoms with Crippen LogP contribution in [0.3, 0.4) is 0 Å². The van der Waals surface area contributed by atoms with Crippen molar-refractivity contribution in [3.8, 4) is 6.07 Å². The summed E-state index contributed by atoms with van der Waals surface area (Å²) < 4.78 is 1.60. The van der Waals surface area contributed by atoms with Crippen LogP contribution in [0.2, 0.25) is 0 Å². The zero-order chi connectivity index (χ0) is 21.5. The molecule has 3 aromatic rings. The van der Waals surface area contributed by atoms with Crippen LogP contribution in [0.25, 0.3) is 10.9 Å². The van der Waals surface area contributed by atoms with Crippen LogP contribution in [0, 0.1) is 45.9 Å². The lowest BCUT2D eigenvalue weighted by molar-refractivity contribution is -0.119. The van der Waals surface area contributed by atoms with E-state index in [2.05, 4.69) is 17.5 Å². The summed E-state index contributed by atoms with van der Waals surface area (Å²) in [6, 6.07) is 7.19. The molecule has 0 radical (unpaired) electrons. The summed E-state index contributed by atoms with van der Waals surface area (Å²) in [5.41, 5.74) is 4.95. The fraction of sp³-hybridized carbons (Fsp3) is 0.348. The molecule has 0 aliphatic heterocycles. The molecule has 0 fully saturated rings. The van der Waals surface area contributed by atoms with Gasteiger partial charge in [-0.05, 0) is 63.8 Å². The lowest BCUT2D eigenvalue weighted by Gasteiger charge is -2.22. The number of hydrogen-bond acceptors (Lipinski definition) is 4. The number of fused-ring (bicyclic) bond motifs is 1. The van der Waals surface area contributed by atoms with Crippen molar-refractivity contribution in [1.29, 1.82) is 5.26 Å². The zero-order valence-corrected chi connectivity index (χ0v) is 18.5.